The van der Waals surface area contributed by atoms with E-state index in [1.165, 1.54) is 24.9 Å². The van der Waals surface area contributed by atoms with E-state index in [1.54, 1.807) is 0 Å². The van der Waals surface area contributed by atoms with Crippen molar-refractivity contribution in [1.29, 1.82) is 0 Å². The van der Waals surface area contributed by atoms with Crippen LogP contribution < -0.4 is 5.46 Å². The largest absolute Gasteiger partial charge is 0.491 e. The van der Waals surface area contributed by atoms with Gasteiger partial charge in [0.1, 0.15) is 6.26 Å². The molecule has 0 amide bonds. The molecular weight excluding hydrogens is 185 g/mol. The molecule has 14 heavy (non-hydrogen) atoms. The van der Waals surface area contributed by atoms with Crippen LogP contribution in [0.5, 0.6) is 0 Å². The van der Waals surface area contributed by atoms with E-state index in [2.05, 4.69) is 15.0 Å². The quantitative estimate of drug-likeness (QED) is 0.579. The Balaban J connectivity index is 2.31. The Morgan fingerprint density at radius 2 is 1.86 bits per heavy atom. The van der Waals surface area contributed by atoms with Crippen molar-refractivity contribution in [3.05, 3.63) is 24.9 Å². The number of rotatable bonds is 2. The number of hydrogen-bond donors (Lipinski definition) is 2. The molecule has 0 fully saturated rings. The van der Waals surface area contributed by atoms with Crippen LogP contribution >= 0.6 is 0 Å². The van der Waals surface area contributed by atoms with Gasteiger partial charge in [0.05, 0.1) is 6.20 Å². The first-order chi connectivity index (χ1) is 6.77. The Bertz CT molecular complexity index is 401. The van der Waals surface area contributed by atoms with E-state index in [0.29, 0.717) is 11.7 Å². The molecule has 0 aliphatic rings. The fraction of sp³-hybridized carbons (Fsp3) is 0. The predicted octanol–water partition coefficient (Wildman–Crippen LogP) is -1.19. The second kappa shape index (κ2) is 3.56. The SMILES string of the molecule is OB(O)c1cnc(-c2ncco2)nc1. The average molecular weight is 191 g/mol. The lowest BCUT2D eigenvalue weighted by Gasteiger charge is -1.97. The molecule has 70 valence electrons. The zero-order valence-electron chi connectivity index (χ0n) is 7.03. The Labute approximate surface area is 79.4 Å². The third-order valence-corrected chi connectivity index (χ3v) is 1.59. The highest BCUT2D eigenvalue weighted by atomic mass is 16.4. The maximum Gasteiger partial charge on any atom is 0.491 e. The molecular formula is C7H6BN3O3. The number of hydrogen-bond acceptors (Lipinski definition) is 6. The van der Waals surface area contributed by atoms with E-state index >= 15 is 0 Å². The molecule has 0 aromatic carbocycles. The maximum absolute atomic E-state index is 8.78. The van der Waals surface area contributed by atoms with Gasteiger partial charge in [-0.3, -0.25) is 0 Å². The van der Waals surface area contributed by atoms with Crippen molar-refractivity contribution >= 4 is 12.6 Å². The molecule has 0 spiro atoms. The first-order valence-corrected chi connectivity index (χ1v) is 3.85. The van der Waals surface area contributed by atoms with E-state index < -0.39 is 7.12 Å². The van der Waals surface area contributed by atoms with E-state index in [9.17, 15) is 0 Å². The van der Waals surface area contributed by atoms with Crippen molar-refractivity contribution in [1.82, 2.24) is 15.0 Å². The monoisotopic (exact) mass is 191 g/mol. The van der Waals surface area contributed by atoms with E-state index in [4.69, 9.17) is 14.5 Å². The van der Waals surface area contributed by atoms with Crippen LogP contribution in [0.1, 0.15) is 0 Å². The zero-order valence-corrected chi connectivity index (χ0v) is 7.03. The molecule has 2 aromatic heterocycles. The Kier molecular flexibility index (Phi) is 2.25. The predicted molar refractivity (Wildman–Crippen MR) is 47.4 cm³/mol. The van der Waals surface area contributed by atoms with Gasteiger partial charge in [-0.1, -0.05) is 0 Å². The molecule has 0 saturated heterocycles. The molecule has 0 saturated carbocycles. The molecule has 0 bridgehead atoms. The smallest absolute Gasteiger partial charge is 0.442 e. The highest BCUT2D eigenvalue weighted by Gasteiger charge is 2.13. The molecule has 6 nitrogen and oxygen atoms in total. The maximum atomic E-state index is 8.78. The topological polar surface area (TPSA) is 92.3 Å². The van der Waals surface area contributed by atoms with Gasteiger partial charge >= 0.3 is 7.12 Å². The molecule has 2 rings (SSSR count). The molecule has 2 N–H and O–H groups in total. The highest BCUT2D eigenvalue weighted by Crippen LogP contribution is 2.08. The molecule has 0 aliphatic carbocycles. The van der Waals surface area contributed by atoms with Crippen molar-refractivity contribution in [2.24, 2.45) is 0 Å². The van der Waals surface area contributed by atoms with Gasteiger partial charge in [0.25, 0.3) is 5.89 Å². The normalized spacial score (nSPS) is 10.1. The van der Waals surface area contributed by atoms with Gasteiger partial charge in [0, 0.05) is 17.9 Å². The minimum absolute atomic E-state index is 0.223. The van der Waals surface area contributed by atoms with Crippen LogP contribution in [0.25, 0.3) is 11.7 Å². The number of oxazole rings is 1. The molecule has 0 radical (unpaired) electrons. The summed E-state index contributed by atoms with van der Waals surface area (Å²) in [5.74, 6) is 0.600. The minimum atomic E-state index is -1.56. The third kappa shape index (κ3) is 1.63. The Hall–Kier alpha value is -1.73. The van der Waals surface area contributed by atoms with Crippen molar-refractivity contribution in [3.63, 3.8) is 0 Å². The van der Waals surface area contributed by atoms with Gasteiger partial charge < -0.3 is 14.5 Å². The summed E-state index contributed by atoms with van der Waals surface area (Å²) in [7, 11) is -1.56. The number of nitrogens with zero attached hydrogens (tertiary/aromatic N) is 3. The van der Waals surface area contributed by atoms with Crippen molar-refractivity contribution in [3.8, 4) is 11.7 Å². The summed E-state index contributed by atoms with van der Waals surface area (Å²) < 4.78 is 4.96. The van der Waals surface area contributed by atoms with E-state index in [0.717, 1.165) is 0 Å². The molecule has 2 heterocycles. The number of aromatic nitrogens is 3. The van der Waals surface area contributed by atoms with Crippen molar-refractivity contribution in [2.75, 3.05) is 0 Å². The van der Waals surface area contributed by atoms with Crippen LogP contribution in [0.15, 0.2) is 29.3 Å². The average Bonchev–Trinajstić information content (AvgIpc) is 2.71. The molecule has 0 unspecified atom stereocenters. The first kappa shape index (κ1) is 8.85. The van der Waals surface area contributed by atoms with E-state index in [-0.39, 0.29) is 5.46 Å². The van der Waals surface area contributed by atoms with Crippen LogP contribution in [0.2, 0.25) is 0 Å². The standard InChI is InChI=1S/C7H6BN3O3/c12-8(13)5-3-10-6(11-4-5)7-9-1-2-14-7/h1-4,12-13H. The fourth-order valence-electron chi connectivity index (χ4n) is 0.916. The minimum Gasteiger partial charge on any atom is -0.442 e. The lowest BCUT2D eigenvalue weighted by molar-refractivity contribution is 0.425. The van der Waals surface area contributed by atoms with Crippen molar-refractivity contribution in [2.45, 2.75) is 0 Å². The second-order valence-electron chi connectivity index (χ2n) is 2.55. The van der Waals surface area contributed by atoms with Gasteiger partial charge in [-0.05, 0) is 0 Å². The molecule has 7 heteroatoms. The third-order valence-electron chi connectivity index (χ3n) is 1.59. The van der Waals surface area contributed by atoms with E-state index in [1.807, 2.05) is 0 Å². The molecule has 0 atom stereocenters. The fourth-order valence-corrected chi connectivity index (χ4v) is 0.916. The van der Waals surface area contributed by atoms with Crippen molar-refractivity contribution < 1.29 is 14.5 Å². The lowest BCUT2D eigenvalue weighted by Crippen LogP contribution is -2.30. The summed E-state index contributed by atoms with van der Waals surface area (Å²) in [4.78, 5) is 11.6. The highest BCUT2D eigenvalue weighted by molar-refractivity contribution is 6.58. The molecule has 0 aliphatic heterocycles. The summed E-state index contributed by atoms with van der Waals surface area (Å²) in [6, 6.07) is 0. The Morgan fingerprint density at radius 3 is 2.36 bits per heavy atom. The van der Waals surface area contributed by atoms with Gasteiger partial charge in [-0.25, -0.2) is 15.0 Å². The van der Waals surface area contributed by atoms with Gasteiger partial charge in [-0.2, -0.15) is 0 Å². The summed E-state index contributed by atoms with van der Waals surface area (Å²) >= 11 is 0. The second-order valence-corrected chi connectivity index (χ2v) is 2.55. The van der Waals surface area contributed by atoms with Crippen LogP contribution in [-0.4, -0.2) is 32.1 Å². The van der Waals surface area contributed by atoms with Crippen LogP contribution in [0.3, 0.4) is 0 Å². The zero-order chi connectivity index (χ0) is 9.97. The summed E-state index contributed by atoms with van der Waals surface area (Å²) in [6.07, 6.45) is 5.50. The molecule has 2 aromatic rings. The summed E-state index contributed by atoms with van der Waals surface area (Å²) in [5, 5.41) is 17.6. The first-order valence-electron chi connectivity index (χ1n) is 3.85. The lowest BCUT2D eigenvalue weighted by atomic mass is 9.83. The van der Waals surface area contributed by atoms with Gasteiger partial charge in [0.2, 0.25) is 5.82 Å². The van der Waals surface area contributed by atoms with Crippen LogP contribution in [-0.2, 0) is 0 Å². The summed E-state index contributed by atoms with van der Waals surface area (Å²) in [5.41, 5.74) is 0.223. The summed E-state index contributed by atoms with van der Waals surface area (Å²) in [6.45, 7) is 0. The van der Waals surface area contributed by atoms with Crippen LogP contribution in [0.4, 0.5) is 0 Å². The van der Waals surface area contributed by atoms with Gasteiger partial charge in [0.15, 0.2) is 0 Å². The Morgan fingerprint density at radius 1 is 1.14 bits per heavy atom. The van der Waals surface area contributed by atoms with Crippen LogP contribution in [0, 0.1) is 0 Å². The van der Waals surface area contributed by atoms with Gasteiger partial charge in [-0.15, -0.1) is 0 Å².